The van der Waals surface area contributed by atoms with Crippen LogP contribution in [0.1, 0.15) is 26.4 Å². The predicted molar refractivity (Wildman–Crippen MR) is 78.9 cm³/mol. The van der Waals surface area contributed by atoms with Gasteiger partial charge in [0.15, 0.2) is 0 Å². The fourth-order valence-electron chi connectivity index (χ4n) is 2.50. The zero-order chi connectivity index (χ0) is 15.2. The highest BCUT2D eigenvalue weighted by molar-refractivity contribution is 7.89. The summed E-state index contributed by atoms with van der Waals surface area (Å²) in [5, 5.41) is 10.8. The van der Waals surface area contributed by atoms with Crippen molar-refractivity contribution in [2.75, 3.05) is 0 Å². The second-order valence-electron chi connectivity index (χ2n) is 4.92. The van der Waals surface area contributed by atoms with Crippen LogP contribution in [0.5, 0.6) is 0 Å². The van der Waals surface area contributed by atoms with Gasteiger partial charge in [-0.3, -0.25) is 0 Å². The van der Waals surface area contributed by atoms with Gasteiger partial charge in [-0.15, -0.1) is 11.3 Å². The zero-order valence-corrected chi connectivity index (χ0v) is 12.9. The Morgan fingerprint density at radius 2 is 1.81 bits per heavy atom. The van der Waals surface area contributed by atoms with Gasteiger partial charge in [0.05, 0.1) is 0 Å². The van der Waals surface area contributed by atoms with Crippen molar-refractivity contribution in [1.29, 1.82) is 0 Å². The van der Waals surface area contributed by atoms with E-state index in [4.69, 9.17) is 0 Å². The Bertz CT molecular complexity index is 798. The highest BCUT2D eigenvalue weighted by atomic mass is 32.2. The minimum Gasteiger partial charge on any atom is -0.477 e. The van der Waals surface area contributed by atoms with E-state index in [0.717, 1.165) is 22.5 Å². The number of hydrogen-bond acceptors (Lipinski definition) is 4. The van der Waals surface area contributed by atoms with Crippen molar-refractivity contribution >= 4 is 27.3 Å². The second kappa shape index (κ2) is 4.94. The summed E-state index contributed by atoms with van der Waals surface area (Å²) in [6.07, 6.45) is 0. The van der Waals surface area contributed by atoms with Crippen LogP contribution < -0.4 is 0 Å². The van der Waals surface area contributed by atoms with Crippen LogP contribution in [0.15, 0.2) is 34.5 Å². The lowest BCUT2D eigenvalue weighted by atomic mass is 10.1. The third-order valence-corrected chi connectivity index (χ3v) is 6.72. The minimum atomic E-state index is -3.81. The minimum absolute atomic E-state index is 0.0761. The summed E-state index contributed by atoms with van der Waals surface area (Å²) in [4.78, 5) is 11.0. The molecule has 3 rings (SSSR count). The number of carboxylic acids is 1. The predicted octanol–water partition coefficient (Wildman–Crippen LogP) is 2.46. The molecule has 1 aliphatic rings. The van der Waals surface area contributed by atoms with Gasteiger partial charge < -0.3 is 5.11 Å². The first kappa shape index (κ1) is 14.2. The molecule has 1 N–H and O–H groups in total. The molecule has 0 fully saturated rings. The lowest BCUT2D eigenvalue weighted by Crippen LogP contribution is -2.27. The number of rotatable bonds is 3. The van der Waals surface area contributed by atoms with Gasteiger partial charge >= 0.3 is 5.97 Å². The van der Waals surface area contributed by atoms with Crippen molar-refractivity contribution in [2.24, 2.45) is 0 Å². The van der Waals surface area contributed by atoms with Gasteiger partial charge in [-0.25, -0.2) is 13.2 Å². The van der Waals surface area contributed by atoms with E-state index < -0.39 is 16.0 Å². The molecule has 21 heavy (non-hydrogen) atoms. The van der Waals surface area contributed by atoms with Gasteiger partial charge in [0.25, 0.3) is 0 Å². The van der Waals surface area contributed by atoms with Crippen LogP contribution in [-0.2, 0) is 23.1 Å². The maximum absolute atomic E-state index is 12.8. The number of carbonyl (C=O) groups is 1. The Hall–Kier alpha value is -1.70. The average molecular weight is 323 g/mol. The molecule has 2 heterocycles. The molecule has 0 saturated heterocycles. The number of sulfonamides is 1. The molecule has 0 unspecified atom stereocenters. The molecule has 0 aliphatic carbocycles. The third-order valence-electron chi connectivity index (χ3n) is 3.52. The molecule has 0 atom stereocenters. The van der Waals surface area contributed by atoms with Crippen molar-refractivity contribution in [1.82, 2.24) is 4.31 Å². The van der Waals surface area contributed by atoms with Crippen LogP contribution in [0.2, 0.25) is 0 Å². The second-order valence-corrected chi connectivity index (χ2v) is 7.68. The summed E-state index contributed by atoms with van der Waals surface area (Å²) in [5.74, 6) is -1.21. The van der Waals surface area contributed by atoms with Crippen molar-refractivity contribution in [3.63, 3.8) is 0 Å². The van der Waals surface area contributed by atoms with Gasteiger partial charge in [-0.05, 0) is 29.0 Å². The molecule has 0 amide bonds. The lowest BCUT2D eigenvalue weighted by Gasteiger charge is -2.16. The molecule has 1 aromatic carbocycles. The number of aromatic carboxylic acids is 1. The maximum Gasteiger partial charge on any atom is 0.347 e. The number of aryl methyl sites for hydroxylation is 1. The zero-order valence-electron chi connectivity index (χ0n) is 11.2. The molecule has 1 aliphatic heterocycles. The van der Waals surface area contributed by atoms with Crippen LogP contribution in [0.3, 0.4) is 0 Å². The summed E-state index contributed by atoms with van der Waals surface area (Å²) in [7, 11) is -3.81. The van der Waals surface area contributed by atoms with Crippen LogP contribution in [0.25, 0.3) is 0 Å². The molecule has 110 valence electrons. The van der Waals surface area contributed by atoms with E-state index in [2.05, 4.69) is 0 Å². The van der Waals surface area contributed by atoms with Gasteiger partial charge in [0.2, 0.25) is 10.0 Å². The van der Waals surface area contributed by atoms with Crippen molar-refractivity contribution in [3.8, 4) is 0 Å². The molecular formula is C14H13NO4S2. The largest absolute Gasteiger partial charge is 0.477 e. The Morgan fingerprint density at radius 3 is 2.33 bits per heavy atom. The molecule has 0 radical (unpaired) electrons. The van der Waals surface area contributed by atoms with E-state index >= 15 is 0 Å². The van der Waals surface area contributed by atoms with Crippen molar-refractivity contribution in [3.05, 3.63) is 51.2 Å². The molecular weight excluding hydrogens is 310 g/mol. The standard InChI is InChI=1S/C14H13NO4S2/c1-9-8-20-12(14(16)17)13(9)21(18,19)15-6-10-4-2-3-5-11(10)7-15/h2-5,8H,6-7H2,1H3,(H,16,17). The first-order valence-corrected chi connectivity index (χ1v) is 8.61. The van der Waals surface area contributed by atoms with Crippen LogP contribution in [-0.4, -0.2) is 23.8 Å². The SMILES string of the molecule is Cc1csc(C(=O)O)c1S(=O)(=O)N1Cc2ccccc2C1. The highest BCUT2D eigenvalue weighted by Gasteiger charge is 2.35. The van der Waals surface area contributed by atoms with Gasteiger partial charge in [-0.2, -0.15) is 4.31 Å². The Labute approximate surface area is 126 Å². The van der Waals surface area contributed by atoms with Gasteiger partial charge in [0.1, 0.15) is 9.77 Å². The lowest BCUT2D eigenvalue weighted by molar-refractivity contribution is 0.0698. The monoisotopic (exact) mass is 323 g/mol. The maximum atomic E-state index is 12.8. The van der Waals surface area contributed by atoms with Gasteiger partial charge in [0, 0.05) is 13.1 Å². The molecule has 5 nitrogen and oxygen atoms in total. The average Bonchev–Trinajstić information content (AvgIpc) is 3.02. The highest BCUT2D eigenvalue weighted by Crippen LogP contribution is 2.34. The van der Waals surface area contributed by atoms with E-state index in [0.29, 0.717) is 5.56 Å². The molecule has 2 aromatic rings. The van der Waals surface area contributed by atoms with Crippen LogP contribution in [0.4, 0.5) is 0 Å². The van der Waals surface area contributed by atoms with E-state index in [1.807, 2.05) is 24.3 Å². The summed E-state index contributed by atoms with van der Waals surface area (Å²) in [6.45, 7) is 2.19. The van der Waals surface area contributed by atoms with Crippen molar-refractivity contribution < 1.29 is 18.3 Å². The Kier molecular flexibility index (Phi) is 3.35. The fourth-order valence-corrected chi connectivity index (χ4v) is 5.48. The molecule has 0 saturated carbocycles. The van der Waals surface area contributed by atoms with Gasteiger partial charge in [-0.1, -0.05) is 24.3 Å². The Morgan fingerprint density at radius 1 is 1.24 bits per heavy atom. The number of nitrogens with zero attached hydrogens (tertiary/aromatic N) is 1. The van der Waals surface area contributed by atoms with E-state index in [1.165, 1.54) is 4.31 Å². The van der Waals surface area contributed by atoms with Crippen molar-refractivity contribution in [2.45, 2.75) is 24.9 Å². The number of fused-ring (bicyclic) bond motifs is 1. The van der Waals surface area contributed by atoms with Crippen LogP contribution >= 0.6 is 11.3 Å². The van der Waals surface area contributed by atoms with E-state index in [9.17, 15) is 18.3 Å². The molecule has 0 spiro atoms. The summed E-state index contributed by atoms with van der Waals surface area (Å²) >= 11 is 0.948. The molecule has 7 heteroatoms. The quantitative estimate of drug-likeness (QED) is 0.941. The van der Waals surface area contributed by atoms with E-state index in [1.54, 1.807) is 12.3 Å². The first-order valence-electron chi connectivity index (χ1n) is 6.29. The molecule has 1 aromatic heterocycles. The van der Waals surface area contributed by atoms with Crippen LogP contribution in [0, 0.1) is 6.92 Å². The number of benzene rings is 1. The molecule has 0 bridgehead atoms. The Balaban J connectivity index is 2.04. The number of thiophene rings is 1. The fraction of sp³-hybridized carbons (Fsp3) is 0.214. The van der Waals surface area contributed by atoms with E-state index in [-0.39, 0.29) is 22.9 Å². The normalized spacial score (nSPS) is 15.1. The summed E-state index contributed by atoms with van der Waals surface area (Å²) in [6, 6.07) is 7.52. The summed E-state index contributed by atoms with van der Waals surface area (Å²) < 4.78 is 26.9. The third kappa shape index (κ3) is 2.27. The smallest absolute Gasteiger partial charge is 0.347 e. The first-order chi connectivity index (χ1) is 9.91. The topological polar surface area (TPSA) is 74.7 Å². The number of hydrogen-bond donors (Lipinski definition) is 1. The number of carboxylic acid groups (broad SMARTS) is 1. The summed E-state index contributed by atoms with van der Waals surface area (Å²) in [5.41, 5.74) is 2.41.